The predicted octanol–water partition coefficient (Wildman–Crippen LogP) is 1.50. The third kappa shape index (κ3) is 2.93. The molecule has 1 aromatic rings. The maximum Gasteiger partial charge on any atom is 0.193 e. The van der Waals surface area contributed by atoms with Crippen LogP contribution >= 0.6 is 11.6 Å². The fourth-order valence-corrected chi connectivity index (χ4v) is 0.845. The topological polar surface area (TPSA) is 28.4 Å². The van der Waals surface area contributed by atoms with Gasteiger partial charge in [-0.1, -0.05) is 0 Å². The molecule has 1 N–H and O–H groups in total. The fourth-order valence-electron chi connectivity index (χ4n) is 0.683. The number of hydrogen-bond donors (Lipinski definition) is 1. The highest BCUT2D eigenvalue weighted by molar-refractivity contribution is 6.28. The predicted molar refractivity (Wildman–Crippen MR) is 44.2 cm³/mol. The highest BCUT2D eigenvalue weighted by Gasteiger charge is 1.98. The Morgan fingerprint density at radius 2 is 2.27 bits per heavy atom. The van der Waals surface area contributed by atoms with Crippen LogP contribution in [-0.4, -0.2) is 19.1 Å². The number of furan rings is 1. The highest BCUT2D eigenvalue weighted by atomic mass is 35.5. The lowest BCUT2D eigenvalue weighted by Gasteiger charge is -2.09. The minimum atomic E-state index is 0.431. The molecule has 0 fully saturated rings. The summed E-state index contributed by atoms with van der Waals surface area (Å²) in [5.41, 5.74) is 3.06. The van der Waals surface area contributed by atoms with Gasteiger partial charge >= 0.3 is 0 Å². The summed E-state index contributed by atoms with van der Waals surface area (Å²) in [7, 11) is 3.84. The number of rotatable bonds is 3. The van der Waals surface area contributed by atoms with Crippen molar-refractivity contribution in [1.29, 1.82) is 0 Å². The van der Waals surface area contributed by atoms with E-state index in [1.54, 1.807) is 6.07 Å². The lowest BCUT2D eigenvalue weighted by atomic mass is 10.5. The summed E-state index contributed by atoms with van der Waals surface area (Å²) in [5.74, 6) is 0.837. The van der Waals surface area contributed by atoms with Crippen molar-refractivity contribution in [2.45, 2.75) is 6.54 Å². The molecule has 0 spiro atoms. The van der Waals surface area contributed by atoms with Crippen molar-refractivity contribution in [3.8, 4) is 0 Å². The first kappa shape index (κ1) is 8.59. The summed E-state index contributed by atoms with van der Waals surface area (Å²) >= 11 is 5.57. The van der Waals surface area contributed by atoms with Gasteiger partial charge in [-0.15, -0.1) is 0 Å². The molecule has 0 radical (unpaired) electrons. The summed E-state index contributed by atoms with van der Waals surface area (Å²) in [5, 5.41) is 2.29. The largest absolute Gasteiger partial charge is 0.448 e. The van der Waals surface area contributed by atoms with E-state index in [0.717, 1.165) is 5.76 Å². The molecular formula is C7H11ClN2O. The van der Waals surface area contributed by atoms with Gasteiger partial charge in [0.25, 0.3) is 0 Å². The molecule has 0 atom stereocenters. The molecule has 0 aliphatic carbocycles. The van der Waals surface area contributed by atoms with Gasteiger partial charge < -0.3 is 4.42 Å². The Bertz CT molecular complexity index is 222. The van der Waals surface area contributed by atoms with Crippen LogP contribution in [0, 0.1) is 0 Å². The molecule has 1 heterocycles. The van der Waals surface area contributed by atoms with Crippen LogP contribution in [0.15, 0.2) is 16.5 Å². The quantitative estimate of drug-likeness (QED) is 0.705. The first-order chi connectivity index (χ1) is 5.18. The Kier molecular flexibility index (Phi) is 2.93. The highest BCUT2D eigenvalue weighted by Crippen LogP contribution is 2.12. The average molecular weight is 175 g/mol. The molecule has 1 aromatic heterocycles. The van der Waals surface area contributed by atoms with Crippen LogP contribution < -0.4 is 5.43 Å². The van der Waals surface area contributed by atoms with Gasteiger partial charge in [-0.25, -0.2) is 5.43 Å². The smallest absolute Gasteiger partial charge is 0.193 e. The van der Waals surface area contributed by atoms with E-state index in [2.05, 4.69) is 5.43 Å². The molecule has 0 unspecified atom stereocenters. The zero-order chi connectivity index (χ0) is 8.27. The normalized spacial score (nSPS) is 10.9. The van der Waals surface area contributed by atoms with Crippen molar-refractivity contribution in [3.05, 3.63) is 23.1 Å². The van der Waals surface area contributed by atoms with Crippen LogP contribution in [0.4, 0.5) is 0 Å². The van der Waals surface area contributed by atoms with E-state index in [1.165, 1.54) is 0 Å². The van der Waals surface area contributed by atoms with E-state index in [1.807, 2.05) is 25.2 Å². The number of hydrazine groups is 1. The van der Waals surface area contributed by atoms with Gasteiger partial charge in [0, 0.05) is 14.1 Å². The monoisotopic (exact) mass is 174 g/mol. The summed E-state index contributed by atoms with van der Waals surface area (Å²) in [6, 6.07) is 3.58. The van der Waals surface area contributed by atoms with Crippen LogP contribution in [0.3, 0.4) is 0 Å². The Morgan fingerprint density at radius 1 is 1.55 bits per heavy atom. The number of halogens is 1. The first-order valence-electron chi connectivity index (χ1n) is 3.33. The molecule has 0 saturated heterocycles. The SMILES string of the molecule is CN(C)NCc1ccc(Cl)o1. The molecule has 0 saturated carbocycles. The van der Waals surface area contributed by atoms with E-state index in [9.17, 15) is 0 Å². The average Bonchev–Trinajstić information content (AvgIpc) is 2.31. The number of hydrogen-bond acceptors (Lipinski definition) is 3. The second-order valence-electron chi connectivity index (χ2n) is 2.44. The van der Waals surface area contributed by atoms with Crippen LogP contribution in [0.5, 0.6) is 0 Å². The molecule has 0 amide bonds. The molecule has 3 nitrogen and oxygen atoms in total. The van der Waals surface area contributed by atoms with Crippen molar-refractivity contribution < 1.29 is 4.42 Å². The molecule has 62 valence electrons. The standard InChI is InChI=1S/C7H11ClN2O/c1-10(2)9-5-6-3-4-7(8)11-6/h3-4,9H,5H2,1-2H3. The van der Waals surface area contributed by atoms with Crippen molar-refractivity contribution in [1.82, 2.24) is 10.4 Å². The van der Waals surface area contributed by atoms with E-state index in [-0.39, 0.29) is 0 Å². The lowest BCUT2D eigenvalue weighted by molar-refractivity contribution is 0.271. The number of nitrogens with zero attached hydrogens (tertiary/aromatic N) is 1. The first-order valence-corrected chi connectivity index (χ1v) is 3.71. The Balaban J connectivity index is 2.39. The van der Waals surface area contributed by atoms with Crippen LogP contribution in [-0.2, 0) is 6.54 Å². The Labute approximate surface area is 70.9 Å². The van der Waals surface area contributed by atoms with Crippen LogP contribution in [0.2, 0.25) is 5.22 Å². The maximum absolute atomic E-state index is 5.57. The Morgan fingerprint density at radius 3 is 2.73 bits per heavy atom. The third-order valence-electron chi connectivity index (χ3n) is 1.20. The molecule has 0 aliphatic heterocycles. The molecule has 1 rings (SSSR count). The number of nitrogens with one attached hydrogen (secondary N) is 1. The second-order valence-corrected chi connectivity index (χ2v) is 2.81. The van der Waals surface area contributed by atoms with Crippen LogP contribution in [0.1, 0.15) is 5.76 Å². The van der Waals surface area contributed by atoms with Gasteiger partial charge in [0.15, 0.2) is 5.22 Å². The van der Waals surface area contributed by atoms with Crippen molar-refractivity contribution in [3.63, 3.8) is 0 Å². The van der Waals surface area contributed by atoms with Crippen molar-refractivity contribution in [2.24, 2.45) is 0 Å². The lowest BCUT2D eigenvalue weighted by Crippen LogP contribution is -2.29. The minimum Gasteiger partial charge on any atom is -0.448 e. The zero-order valence-corrected chi connectivity index (χ0v) is 7.35. The molecular weight excluding hydrogens is 164 g/mol. The van der Waals surface area contributed by atoms with Gasteiger partial charge in [0.2, 0.25) is 0 Å². The van der Waals surface area contributed by atoms with Gasteiger partial charge in [0.1, 0.15) is 5.76 Å². The molecule has 11 heavy (non-hydrogen) atoms. The summed E-state index contributed by atoms with van der Waals surface area (Å²) in [6.45, 7) is 0.666. The molecule has 0 aliphatic rings. The fraction of sp³-hybridized carbons (Fsp3) is 0.429. The summed E-state index contributed by atoms with van der Waals surface area (Å²) < 4.78 is 5.11. The van der Waals surface area contributed by atoms with Crippen molar-refractivity contribution >= 4 is 11.6 Å². The van der Waals surface area contributed by atoms with E-state index in [0.29, 0.717) is 11.8 Å². The minimum absolute atomic E-state index is 0.431. The summed E-state index contributed by atoms with van der Waals surface area (Å²) in [4.78, 5) is 0. The third-order valence-corrected chi connectivity index (χ3v) is 1.40. The Hall–Kier alpha value is -0.510. The van der Waals surface area contributed by atoms with E-state index in [4.69, 9.17) is 16.0 Å². The molecule has 0 aromatic carbocycles. The van der Waals surface area contributed by atoms with Gasteiger partial charge in [-0.05, 0) is 23.7 Å². The van der Waals surface area contributed by atoms with Gasteiger partial charge in [0.05, 0.1) is 6.54 Å². The van der Waals surface area contributed by atoms with Gasteiger partial charge in [-0.3, -0.25) is 5.01 Å². The van der Waals surface area contributed by atoms with E-state index < -0.39 is 0 Å². The van der Waals surface area contributed by atoms with Crippen LogP contribution in [0.25, 0.3) is 0 Å². The molecule has 0 bridgehead atoms. The van der Waals surface area contributed by atoms with E-state index >= 15 is 0 Å². The second kappa shape index (κ2) is 3.76. The van der Waals surface area contributed by atoms with Gasteiger partial charge in [-0.2, -0.15) is 0 Å². The molecule has 4 heteroatoms. The zero-order valence-electron chi connectivity index (χ0n) is 6.60. The van der Waals surface area contributed by atoms with Crippen molar-refractivity contribution in [2.75, 3.05) is 14.1 Å². The summed E-state index contributed by atoms with van der Waals surface area (Å²) in [6.07, 6.45) is 0. The maximum atomic E-state index is 5.57.